The van der Waals surface area contributed by atoms with Gasteiger partial charge in [-0.2, -0.15) is 0 Å². The number of hydrogen-bond donors (Lipinski definition) is 6. The van der Waals surface area contributed by atoms with Crippen LogP contribution in [0, 0.1) is 50.2 Å². The molecule has 6 N–H and O–H groups in total. The van der Waals surface area contributed by atoms with Crippen molar-refractivity contribution in [1.29, 1.82) is 0 Å². The predicted octanol–water partition coefficient (Wildman–Crippen LogP) is 3.94. The summed E-state index contributed by atoms with van der Waals surface area (Å²) in [5.74, 6) is 1.07. The maximum Gasteiger partial charge on any atom is 0.186 e. The zero-order chi connectivity index (χ0) is 32.1. The van der Waals surface area contributed by atoms with Gasteiger partial charge in [-0.05, 0) is 104 Å². The fourth-order valence-corrected chi connectivity index (χ4v) is 12.2. The van der Waals surface area contributed by atoms with Crippen molar-refractivity contribution in [2.24, 2.45) is 50.2 Å². The van der Waals surface area contributed by atoms with Crippen LogP contribution < -0.4 is 0 Å². The summed E-state index contributed by atoms with van der Waals surface area (Å²) in [5.41, 5.74) is 1.47. The van der Waals surface area contributed by atoms with Crippen molar-refractivity contribution in [2.45, 2.75) is 143 Å². The largest absolute Gasteiger partial charge is 0.396 e. The van der Waals surface area contributed by atoms with Crippen LogP contribution in [0.4, 0.5) is 0 Å². The third-order valence-electron chi connectivity index (χ3n) is 15.4. The van der Waals surface area contributed by atoms with Crippen LogP contribution in [0.5, 0.6) is 0 Å². The van der Waals surface area contributed by atoms with Crippen molar-refractivity contribution in [3.8, 4) is 0 Å². The first kappa shape index (κ1) is 33.3. The lowest BCUT2D eigenvalue weighted by Gasteiger charge is -2.71. The zero-order valence-corrected chi connectivity index (χ0v) is 28.0. The van der Waals surface area contributed by atoms with Gasteiger partial charge >= 0.3 is 0 Å². The lowest BCUT2D eigenvalue weighted by Crippen LogP contribution is -2.67. The van der Waals surface area contributed by atoms with Crippen LogP contribution in [0.15, 0.2) is 11.6 Å². The minimum Gasteiger partial charge on any atom is -0.396 e. The van der Waals surface area contributed by atoms with Crippen LogP contribution in [0.25, 0.3) is 0 Å². The van der Waals surface area contributed by atoms with Gasteiger partial charge in [-0.25, -0.2) is 0 Å². The molecule has 8 heteroatoms. The first-order valence-electron chi connectivity index (χ1n) is 17.4. The summed E-state index contributed by atoms with van der Waals surface area (Å²) in [4.78, 5) is 0. The normalized spacial score (nSPS) is 55.2. The Bertz CT molecular complexity index is 1120. The van der Waals surface area contributed by atoms with E-state index in [0.29, 0.717) is 18.3 Å². The number of rotatable bonds is 5. The van der Waals surface area contributed by atoms with E-state index in [2.05, 4.69) is 47.6 Å². The first-order valence-corrected chi connectivity index (χ1v) is 17.4. The average Bonchev–Trinajstić information content (AvgIpc) is 2.98. The van der Waals surface area contributed by atoms with Gasteiger partial charge in [0, 0.05) is 17.4 Å². The molecule has 14 atom stereocenters. The molecule has 0 aromatic heterocycles. The summed E-state index contributed by atoms with van der Waals surface area (Å²) >= 11 is 0. The molecule has 6 aliphatic rings. The molecule has 5 fully saturated rings. The van der Waals surface area contributed by atoms with Crippen LogP contribution in [-0.4, -0.2) is 87.3 Å². The van der Waals surface area contributed by atoms with Crippen molar-refractivity contribution in [3.05, 3.63) is 11.6 Å². The fraction of sp³-hybridized carbons (Fsp3) is 0.944. The van der Waals surface area contributed by atoms with Crippen LogP contribution in [0.2, 0.25) is 0 Å². The Kier molecular flexibility index (Phi) is 8.31. The summed E-state index contributed by atoms with van der Waals surface area (Å²) in [6.45, 7) is 14.2. The molecule has 0 radical (unpaired) electrons. The maximum atomic E-state index is 11.0. The number of ether oxygens (including phenoxy) is 2. The number of fused-ring (bicyclic) bond motifs is 7. The van der Waals surface area contributed by atoms with E-state index in [1.807, 2.05) is 0 Å². The van der Waals surface area contributed by atoms with Gasteiger partial charge in [-0.3, -0.25) is 0 Å². The van der Waals surface area contributed by atoms with Gasteiger partial charge < -0.3 is 40.1 Å². The van der Waals surface area contributed by atoms with E-state index >= 15 is 0 Å². The number of aliphatic hydroxyl groups is 6. The first-order chi connectivity index (χ1) is 20.6. The number of aliphatic hydroxyl groups excluding tert-OH is 6. The smallest absolute Gasteiger partial charge is 0.186 e. The number of allylic oxidation sites excluding steroid dienone is 2. The summed E-state index contributed by atoms with van der Waals surface area (Å²) in [5, 5.41) is 62.9. The van der Waals surface area contributed by atoms with E-state index in [9.17, 15) is 30.6 Å². The summed E-state index contributed by atoms with van der Waals surface area (Å²) in [6.07, 6.45) is 5.89. The molecule has 0 unspecified atom stereocenters. The van der Waals surface area contributed by atoms with E-state index < -0.39 is 48.8 Å². The molecule has 0 amide bonds. The third kappa shape index (κ3) is 4.52. The van der Waals surface area contributed by atoms with Crippen molar-refractivity contribution < 1.29 is 40.1 Å². The highest BCUT2D eigenvalue weighted by atomic mass is 16.7. The van der Waals surface area contributed by atoms with Gasteiger partial charge in [-0.1, -0.05) is 53.2 Å². The Balaban J connectivity index is 1.30. The molecule has 0 bridgehead atoms. The predicted molar refractivity (Wildman–Crippen MR) is 166 cm³/mol. The Morgan fingerprint density at radius 1 is 0.795 bits per heavy atom. The van der Waals surface area contributed by atoms with Crippen LogP contribution >= 0.6 is 0 Å². The van der Waals surface area contributed by atoms with Gasteiger partial charge in [0.1, 0.15) is 24.4 Å². The third-order valence-corrected chi connectivity index (χ3v) is 15.4. The van der Waals surface area contributed by atoms with Crippen molar-refractivity contribution in [1.82, 2.24) is 0 Å². The molecule has 4 saturated carbocycles. The monoisotopic (exact) mass is 620 g/mol. The molecular weight excluding hydrogens is 560 g/mol. The summed E-state index contributed by atoms with van der Waals surface area (Å²) < 4.78 is 12.2. The van der Waals surface area contributed by atoms with Gasteiger partial charge in [0.15, 0.2) is 6.29 Å². The molecule has 6 rings (SSSR count). The van der Waals surface area contributed by atoms with Crippen molar-refractivity contribution in [3.63, 3.8) is 0 Å². The van der Waals surface area contributed by atoms with Crippen LogP contribution in [-0.2, 0) is 9.47 Å². The van der Waals surface area contributed by atoms with Gasteiger partial charge in [0.2, 0.25) is 0 Å². The zero-order valence-electron chi connectivity index (χ0n) is 28.0. The van der Waals surface area contributed by atoms with Crippen LogP contribution in [0.3, 0.4) is 0 Å². The highest BCUT2D eigenvalue weighted by molar-refractivity contribution is 5.34. The Labute approximate surface area is 264 Å². The summed E-state index contributed by atoms with van der Waals surface area (Å²) in [6, 6.07) is 0. The molecular formula is C36H60O8. The van der Waals surface area contributed by atoms with Gasteiger partial charge in [0.05, 0.1) is 19.3 Å². The Morgan fingerprint density at radius 3 is 2.16 bits per heavy atom. The maximum absolute atomic E-state index is 11.0. The SMILES string of the molecule is CC1(C)CC[C@]2(CO)CC[C@]3(C)C(=CC[C@@H]4[C@@]5(C)CC[C@H](O[C@@H]6O[C@H](CO)[C@@H](O)[C@H](O)[C@H]6O)[C@@](C)(CO)[C@@H]5CC[C@]43C)[C@@H]2C1. The van der Waals surface area contributed by atoms with Crippen LogP contribution in [0.1, 0.15) is 106 Å². The van der Waals surface area contributed by atoms with Gasteiger partial charge in [0.25, 0.3) is 0 Å². The molecule has 44 heavy (non-hydrogen) atoms. The topological polar surface area (TPSA) is 140 Å². The molecule has 1 heterocycles. The second-order valence-corrected chi connectivity index (χ2v) is 17.8. The average molecular weight is 621 g/mol. The highest BCUT2D eigenvalue weighted by Crippen LogP contribution is 2.75. The van der Waals surface area contributed by atoms with E-state index in [1.165, 1.54) is 6.42 Å². The number of hydrogen-bond acceptors (Lipinski definition) is 8. The second kappa shape index (κ2) is 11.0. The second-order valence-electron chi connectivity index (χ2n) is 17.8. The minimum absolute atomic E-state index is 0.0143. The Morgan fingerprint density at radius 2 is 1.50 bits per heavy atom. The molecule has 0 aromatic rings. The molecule has 1 saturated heterocycles. The molecule has 5 aliphatic carbocycles. The van der Waals surface area contributed by atoms with Crippen molar-refractivity contribution in [2.75, 3.05) is 19.8 Å². The molecule has 0 spiro atoms. The quantitative estimate of drug-likeness (QED) is 0.201. The minimum atomic E-state index is -1.49. The van der Waals surface area contributed by atoms with E-state index in [1.54, 1.807) is 5.57 Å². The van der Waals surface area contributed by atoms with E-state index in [-0.39, 0.29) is 46.2 Å². The van der Waals surface area contributed by atoms with Crippen molar-refractivity contribution >= 4 is 0 Å². The lowest BCUT2D eigenvalue weighted by atomic mass is 9.33. The highest BCUT2D eigenvalue weighted by Gasteiger charge is 2.69. The lowest BCUT2D eigenvalue weighted by molar-refractivity contribution is -0.333. The molecule has 8 nitrogen and oxygen atoms in total. The molecule has 1 aliphatic heterocycles. The fourth-order valence-electron chi connectivity index (χ4n) is 12.2. The summed E-state index contributed by atoms with van der Waals surface area (Å²) in [7, 11) is 0. The molecule has 252 valence electrons. The molecule has 0 aromatic carbocycles. The van der Waals surface area contributed by atoms with E-state index in [4.69, 9.17) is 9.47 Å². The standard InChI is InChI=1S/C36H60O8/c1-31(2)13-15-36(20-39)16-14-34(5)21(22(36)17-31)7-8-25-32(3)11-10-26(33(4,19-38)24(32)9-12-35(25,34)6)44-30-29(42)28(41)27(40)23(18-37)43-30/h7,22-30,37-42H,8-20H2,1-6H3/t22-,23+,24+,25+,26-,27+,28-,29+,30-,32-,33-,34+,35+,36+/m0/s1. The van der Waals surface area contributed by atoms with E-state index in [0.717, 1.165) is 51.4 Å². The van der Waals surface area contributed by atoms with Gasteiger partial charge in [-0.15, -0.1) is 0 Å². The Hall–Kier alpha value is -0.580.